The zero-order valence-corrected chi connectivity index (χ0v) is 17.2. The zero-order valence-electron chi connectivity index (χ0n) is 15.6. The second kappa shape index (κ2) is 8.54. The summed E-state index contributed by atoms with van der Waals surface area (Å²) in [6, 6.07) is 14.0. The summed E-state index contributed by atoms with van der Waals surface area (Å²) < 4.78 is 38.8. The number of benzene rings is 2. The minimum atomic E-state index is -3.80. The Hall–Kier alpha value is -2.39. The summed E-state index contributed by atoms with van der Waals surface area (Å²) in [5, 5.41) is 14.5. The van der Waals surface area contributed by atoms with E-state index in [0.29, 0.717) is 30.3 Å². The molecule has 0 saturated heterocycles. The third-order valence-electron chi connectivity index (χ3n) is 4.65. The molecule has 0 aliphatic carbocycles. The standard InChI is InChI=1S/C21H21NO5S2/c23-19(16-4-2-15(3-5-16)17-8-11-28-14-17)13-22-29(24,25)18-6-7-20-21(12-18)27-10-1-9-26-20/h2-8,11-12,14,19,22-23H,1,9-10,13H2/t19-/m1/s1. The molecule has 0 radical (unpaired) electrons. The van der Waals surface area contributed by atoms with E-state index in [4.69, 9.17) is 9.47 Å². The molecular formula is C21H21NO5S2. The van der Waals surface area contributed by atoms with Crippen LogP contribution >= 0.6 is 11.3 Å². The van der Waals surface area contributed by atoms with Gasteiger partial charge in [-0.25, -0.2) is 13.1 Å². The van der Waals surface area contributed by atoms with Gasteiger partial charge in [-0.3, -0.25) is 0 Å². The molecule has 0 bridgehead atoms. The van der Waals surface area contributed by atoms with Crippen LogP contribution in [0.5, 0.6) is 11.5 Å². The smallest absolute Gasteiger partial charge is 0.240 e. The highest BCUT2D eigenvalue weighted by Gasteiger charge is 2.20. The molecule has 2 aromatic carbocycles. The Bertz CT molecular complexity index is 1060. The molecule has 4 rings (SSSR count). The molecule has 1 aromatic heterocycles. The van der Waals surface area contributed by atoms with Gasteiger partial charge in [-0.15, -0.1) is 0 Å². The molecule has 0 spiro atoms. The number of rotatable bonds is 6. The van der Waals surface area contributed by atoms with E-state index < -0.39 is 16.1 Å². The summed E-state index contributed by atoms with van der Waals surface area (Å²) in [5.74, 6) is 0.946. The maximum Gasteiger partial charge on any atom is 0.240 e. The van der Waals surface area contributed by atoms with Gasteiger partial charge in [-0.2, -0.15) is 11.3 Å². The van der Waals surface area contributed by atoms with E-state index in [9.17, 15) is 13.5 Å². The van der Waals surface area contributed by atoms with Crippen LogP contribution in [-0.4, -0.2) is 33.3 Å². The van der Waals surface area contributed by atoms with Crippen LogP contribution in [-0.2, 0) is 10.0 Å². The summed E-state index contributed by atoms with van der Waals surface area (Å²) in [6.45, 7) is 0.882. The summed E-state index contributed by atoms with van der Waals surface area (Å²) in [4.78, 5) is 0.0711. The molecule has 6 nitrogen and oxygen atoms in total. The third kappa shape index (κ3) is 4.62. The van der Waals surface area contributed by atoms with Crippen LogP contribution in [0.1, 0.15) is 18.1 Å². The van der Waals surface area contributed by atoms with Crippen LogP contribution in [0.25, 0.3) is 11.1 Å². The van der Waals surface area contributed by atoms with E-state index in [1.165, 1.54) is 12.1 Å². The topological polar surface area (TPSA) is 84.9 Å². The van der Waals surface area contributed by atoms with Crippen molar-refractivity contribution in [2.75, 3.05) is 19.8 Å². The number of aliphatic hydroxyl groups is 1. The Morgan fingerprint density at radius 1 is 1.00 bits per heavy atom. The fraction of sp³-hybridized carbons (Fsp3) is 0.238. The summed E-state index contributed by atoms with van der Waals surface area (Å²) >= 11 is 1.62. The molecule has 2 N–H and O–H groups in total. The van der Waals surface area contributed by atoms with Crippen LogP contribution in [0.15, 0.2) is 64.2 Å². The monoisotopic (exact) mass is 431 g/mol. The largest absolute Gasteiger partial charge is 0.490 e. The van der Waals surface area contributed by atoms with Crippen molar-refractivity contribution in [3.05, 3.63) is 64.9 Å². The molecule has 29 heavy (non-hydrogen) atoms. The molecule has 0 fully saturated rings. The van der Waals surface area contributed by atoms with Crippen molar-refractivity contribution in [1.82, 2.24) is 4.72 Å². The maximum atomic E-state index is 12.6. The molecule has 0 saturated carbocycles. The minimum Gasteiger partial charge on any atom is -0.490 e. The van der Waals surface area contributed by atoms with Gasteiger partial charge in [0.15, 0.2) is 11.5 Å². The fourth-order valence-corrected chi connectivity index (χ4v) is 4.75. The molecule has 0 amide bonds. The predicted octanol–water partition coefficient (Wildman–Crippen LogP) is 3.59. The Morgan fingerprint density at radius 3 is 2.48 bits per heavy atom. The minimum absolute atomic E-state index is 0.0711. The third-order valence-corrected chi connectivity index (χ3v) is 6.75. The SMILES string of the molecule is O=S(=O)(NC[C@@H](O)c1ccc(-c2ccsc2)cc1)c1ccc2c(c1)OCCCO2. The molecular weight excluding hydrogens is 410 g/mol. The van der Waals surface area contributed by atoms with Gasteiger partial charge in [0.25, 0.3) is 0 Å². The quantitative estimate of drug-likeness (QED) is 0.623. The van der Waals surface area contributed by atoms with Crippen molar-refractivity contribution < 1.29 is 23.0 Å². The van der Waals surface area contributed by atoms with E-state index in [1.807, 2.05) is 23.6 Å². The van der Waals surface area contributed by atoms with Gasteiger partial charge < -0.3 is 14.6 Å². The second-order valence-corrected chi connectivity index (χ2v) is 9.21. The molecule has 1 aliphatic rings. The molecule has 8 heteroatoms. The Labute approximate surface area is 173 Å². The first-order chi connectivity index (χ1) is 14.0. The Morgan fingerprint density at radius 2 is 1.76 bits per heavy atom. The van der Waals surface area contributed by atoms with Crippen LogP contribution in [0.3, 0.4) is 0 Å². The van der Waals surface area contributed by atoms with Crippen molar-refractivity contribution in [2.45, 2.75) is 17.4 Å². The predicted molar refractivity (Wildman–Crippen MR) is 112 cm³/mol. The summed E-state index contributed by atoms with van der Waals surface area (Å²) in [5.41, 5.74) is 2.81. The van der Waals surface area contributed by atoms with Crippen molar-refractivity contribution >= 4 is 21.4 Å². The number of hydrogen-bond acceptors (Lipinski definition) is 6. The summed E-state index contributed by atoms with van der Waals surface area (Å²) in [6.07, 6.45) is -0.214. The van der Waals surface area contributed by atoms with E-state index in [-0.39, 0.29) is 11.4 Å². The number of ether oxygens (including phenoxy) is 2. The van der Waals surface area contributed by atoms with E-state index in [2.05, 4.69) is 10.1 Å². The first-order valence-corrected chi connectivity index (χ1v) is 11.7. The average Bonchev–Trinajstić information content (AvgIpc) is 3.17. The van der Waals surface area contributed by atoms with Gasteiger partial charge in [-0.1, -0.05) is 24.3 Å². The molecule has 1 aliphatic heterocycles. The van der Waals surface area contributed by atoms with Gasteiger partial charge >= 0.3 is 0 Å². The number of hydrogen-bond donors (Lipinski definition) is 2. The lowest BCUT2D eigenvalue weighted by Crippen LogP contribution is -2.28. The molecule has 0 unspecified atom stereocenters. The molecule has 3 aromatic rings. The van der Waals surface area contributed by atoms with Crippen LogP contribution in [0.4, 0.5) is 0 Å². The van der Waals surface area contributed by atoms with Gasteiger partial charge in [0.05, 0.1) is 24.2 Å². The lowest BCUT2D eigenvalue weighted by atomic mass is 10.0. The van der Waals surface area contributed by atoms with Crippen molar-refractivity contribution in [1.29, 1.82) is 0 Å². The van der Waals surface area contributed by atoms with Gasteiger partial charge in [0.2, 0.25) is 10.0 Å². The lowest BCUT2D eigenvalue weighted by molar-refractivity contribution is 0.182. The van der Waals surface area contributed by atoms with Gasteiger partial charge in [-0.05, 0) is 45.6 Å². The van der Waals surface area contributed by atoms with E-state index >= 15 is 0 Å². The normalized spacial score (nSPS) is 14.9. The highest BCUT2D eigenvalue weighted by Crippen LogP contribution is 2.32. The molecule has 152 valence electrons. The number of nitrogens with one attached hydrogen (secondary N) is 1. The first-order valence-electron chi connectivity index (χ1n) is 9.23. The van der Waals surface area contributed by atoms with E-state index in [1.54, 1.807) is 29.5 Å². The number of fused-ring (bicyclic) bond motifs is 1. The second-order valence-electron chi connectivity index (χ2n) is 6.66. The van der Waals surface area contributed by atoms with Crippen LogP contribution in [0, 0.1) is 0 Å². The highest BCUT2D eigenvalue weighted by molar-refractivity contribution is 7.89. The van der Waals surface area contributed by atoms with Crippen molar-refractivity contribution in [3.63, 3.8) is 0 Å². The highest BCUT2D eigenvalue weighted by atomic mass is 32.2. The zero-order chi connectivity index (χ0) is 20.3. The fourth-order valence-electron chi connectivity index (χ4n) is 3.03. The van der Waals surface area contributed by atoms with Crippen molar-refractivity contribution in [3.8, 4) is 22.6 Å². The lowest BCUT2D eigenvalue weighted by Gasteiger charge is -2.14. The average molecular weight is 432 g/mol. The van der Waals surface area contributed by atoms with Crippen LogP contribution < -0.4 is 14.2 Å². The van der Waals surface area contributed by atoms with E-state index in [0.717, 1.165) is 17.5 Å². The summed E-state index contributed by atoms with van der Waals surface area (Å²) in [7, 11) is -3.80. The Kier molecular flexibility index (Phi) is 5.86. The number of thiophene rings is 1. The van der Waals surface area contributed by atoms with Gasteiger partial charge in [0, 0.05) is 19.0 Å². The number of aliphatic hydroxyl groups excluding tert-OH is 1. The first kappa shape index (κ1) is 19.9. The van der Waals surface area contributed by atoms with Gasteiger partial charge in [0.1, 0.15) is 0 Å². The Balaban J connectivity index is 1.43. The van der Waals surface area contributed by atoms with Crippen LogP contribution in [0.2, 0.25) is 0 Å². The molecule has 2 heterocycles. The number of sulfonamides is 1. The van der Waals surface area contributed by atoms with Crippen molar-refractivity contribution in [2.24, 2.45) is 0 Å². The maximum absolute atomic E-state index is 12.6. The molecule has 1 atom stereocenters.